The first kappa shape index (κ1) is 17.0. The Bertz CT molecular complexity index is 242. The van der Waals surface area contributed by atoms with Crippen LogP contribution >= 0.6 is 0 Å². The molecular formula is C11H20O7. The van der Waals surface area contributed by atoms with Gasteiger partial charge in [-0.15, -0.1) is 0 Å². The largest absolute Gasteiger partial charge is 0.478 e. The lowest BCUT2D eigenvalue weighted by Gasteiger charge is -2.15. The van der Waals surface area contributed by atoms with E-state index in [1.54, 1.807) is 0 Å². The van der Waals surface area contributed by atoms with E-state index < -0.39 is 18.7 Å². The van der Waals surface area contributed by atoms with Crippen LogP contribution in [0.25, 0.3) is 0 Å². The highest BCUT2D eigenvalue weighted by Gasteiger charge is 2.17. The maximum atomic E-state index is 10.6. The molecule has 0 heterocycles. The molecule has 0 aliphatic rings. The van der Waals surface area contributed by atoms with Gasteiger partial charge in [-0.2, -0.15) is 0 Å². The van der Waals surface area contributed by atoms with Crippen molar-refractivity contribution in [3.05, 3.63) is 12.2 Å². The average molecular weight is 264 g/mol. The molecular weight excluding hydrogens is 244 g/mol. The van der Waals surface area contributed by atoms with Crippen molar-refractivity contribution in [1.82, 2.24) is 0 Å². The minimum atomic E-state index is -1.20. The van der Waals surface area contributed by atoms with Gasteiger partial charge in [0, 0.05) is 0 Å². The molecule has 7 nitrogen and oxygen atoms in total. The molecule has 0 radical (unpaired) electrons. The molecule has 0 amide bonds. The number of aliphatic hydroxyl groups excluding tert-OH is 2. The third kappa shape index (κ3) is 8.15. The molecule has 7 heteroatoms. The summed E-state index contributed by atoms with van der Waals surface area (Å²) in [5, 5.41) is 26.0. The first-order valence-corrected chi connectivity index (χ1v) is 5.54. The smallest absolute Gasteiger partial charge is 0.333 e. The van der Waals surface area contributed by atoms with Gasteiger partial charge >= 0.3 is 5.97 Å². The monoisotopic (exact) mass is 264 g/mol. The lowest BCUT2D eigenvalue weighted by molar-refractivity contribution is -0.134. The van der Waals surface area contributed by atoms with E-state index in [9.17, 15) is 4.79 Å². The van der Waals surface area contributed by atoms with Gasteiger partial charge in [0.1, 0.15) is 6.10 Å². The summed E-state index contributed by atoms with van der Waals surface area (Å²) in [6.45, 7) is 4.23. The van der Waals surface area contributed by atoms with E-state index >= 15 is 0 Å². The first-order valence-electron chi connectivity index (χ1n) is 5.54. The Labute approximate surface area is 106 Å². The first-order chi connectivity index (χ1) is 8.63. The van der Waals surface area contributed by atoms with E-state index in [0.717, 1.165) is 0 Å². The van der Waals surface area contributed by atoms with Crippen molar-refractivity contribution in [3.8, 4) is 0 Å². The van der Waals surface area contributed by atoms with Gasteiger partial charge < -0.3 is 29.5 Å². The van der Waals surface area contributed by atoms with Gasteiger partial charge in [-0.1, -0.05) is 6.58 Å². The Morgan fingerprint density at radius 2 is 1.61 bits per heavy atom. The molecule has 0 aromatic heterocycles. The molecule has 0 saturated carbocycles. The van der Waals surface area contributed by atoms with Crippen LogP contribution in [-0.4, -0.2) is 73.6 Å². The van der Waals surface area contributed by atoms with Crippen LogP contribution in [0.2, 0.25) is 0 Å². The van der Waals surface area contributed by atoms with Gasteiger partial charge in [0.2, 0.25) is 0 Å². The number of aliphatic carboxylic acids is 1. The van der Waals surface area contributed by atoms with E-state index in [-0.39, 0.29) is 32.0 Å². The molecule has 0 aromatic rings. The van der Waals surface area contributed by atoms with Gasteiger partial charge in [-0.3, -0.25) is 0 Å². The third-order valence-corrected chi connectivity index (χ3v) is 1.98. The maximum absolute atomic E-state index is 10.6. The Kier molecular flexibility index (Phi) is 10.5. The fourth-order valence-electron chi connectivity index (χ4n) is 1.04. The van der Waals surface area contributed by atoms with Crippen molar-refractivity contribution in [2.75, 3.05) is 46.2 Å². The van der Waals surface area contributed by atoms with Gasteiger partial charge in [-0.25, -0.2) is 4.79 Å². The van der Waals surface area contributed by atoms with Gasteiger partial charge in [-0.05, 0) is 0 Å². The van der Waals surface area contributed by atoms with Crippen molar-refractivity contribution in [2.24, 2.45) is 0 Å². The maximum Gasteiger partial charge on any atom is 0.333 e. The summed E-state index contributed by atoms with van der Waals surface area (Å²) in [5.41, 5.74) is -0.191. The lowest BCUT2D eigenvalue weighted by Crippen LogP contribution is -2.26. The Morgan fingerprint density at radius 1 is 1.06 bits per heavy atom. The summed E-state index contributed by atoms with van der Waals surface area (Å²) in [6, 6.07) is 0. The zero-order chi connectivity index (χ0) is 13.8. The van der Waals surface area contributed by atoms with E-state index in [2.05, 4.69) is 6.58 Å². The summed E-state index contributed by atoms with van der Waals surface area (Å²) in [4.78, 5) is 10.6. The van der Waals surface area contributed by atoms with Crippen LogP contribution < -0.4 is 0 Å². The molecule has 0 bridgehead atoms. The SMILES string of the molecule is C=C(C(=O)O)C(CO)OCCOCCOCCO. The predicted octanol–water partition coefficient (Wildman–Crippen LogP) is -0.970. The third-order valence-electron chi connectivity index (χ3n) is 1.98. The van der Waals surface area contributed by atoms with Crippen LogP contribution in [0.3, 0.4) is 0 Å². The molecule has 0 saturated heterocycles. The number of carboxylic acids is 1. The number of aliphatic hydroxyl groups is 2. The van der Waals surface area contributed by atoms with Crippen LogP contribution in [0.1, 0.15) is 0 Å². The van der Waals surface area contributed by atoms with Crippen LogP contribution in [0.4, 0.5) is 0 Å². The van der Waals surface area contributed by atoms with Crippen LogP contribution in [0.15, 0.2) is 12.2 Å². The number of hydrogen-bond donors (Lipinski definition) is 3. The minimum absolute atomic E-state index is 0.0292. The van der Waals surface area contributed by atoms with Crippen molar-refractivity contribution in [2.45, 2.75) is 6.10 Å². The van der Waals surface area contributed by atoms with Crippen molar-refractivity contribution in [1.29, 1.82) is 0 Å². The van der Waals surface area contributed by atoms with Crippen molar-refractivity contribution >= 4 is 5.97 Å². The van der Waals surface area contributed by atoms with E-state index in [1.807, 2.05) is 0 Å². The molecule has 0 rings (SSSR count). The number of hydrogen-bond acceptors (Lipinski definition) is 6. The molecule has 1 atom stereocenters. The Hall–Kier alpha value is -0.990. The topological polar surface area (TPSA) is 105 Å². The Balaban J connectivity index is 3.51. The molecule has 0 aliphatic heterocycles. The molecule has 106 valence electrons. The molecule has 0 spiro atoms. The quantitative estimate of drug-likeness (QED) is 0.307. The predicted molar refractivity (Wildman–Crippen MR) is 62.3 cm³/mol. The minimum Gasteiger partial charge on any atom is -0.478 e. The van der Waals surface area contributed by atoms with Crippen LogP contribution in [-0.2, 0) is 19.0 Å². The van der Waals surface area contributed by atoms with E-state index in [4.69, 9.17) is 29.5 Å². The van der Waals surface area contributed by atoms with Crippen molar-refractivity contribution < 1.29 is 34.3 Å². The molecule has 3 N–H and O–H groups in total. The summed E-state index contributed by atoms with van der Waals surface area (Å²) in [6.07, 6.45) is -0.920. The fourth-order valence-corrected chi connectivity index (χ4v) is 1.04. The number of carboxylic acid groups (broad SMARTS) is 1. The summed E-state index contributed by atoms with van der Waals surface area (Å²) >= 11 is 0. The highest BCUT2D eigenvalue weighted by Crippen LogP contribution is 2.04. The standard InChI is InChI=1S/C11H20O7/c1-9(11(14)15)10(8-13)18-7-6-17-5-4-16-3-2-12/h10,12-13H,1-8H2,(H,14,15). The summed E-state index contributed by atoms with van der Waals surface area (Å²) < 4.78 is 15.2. The van der Waals surface area contributed by atoms with Crippen LogP contribution in [0, 0.1) is 0 Å². The second-order valence-corrected chi connectivity index (χ2v) is 3.32. The summed E-state index contributed by atoms with van der Waals surface area (Å²) in [5.74, 6) is -1.20. The second-order valence-electron chi connectivity index (χ2n) is 3.32. The zero-order valence-electron chi connectivity index (χ0n) is 10.2. The van der Waals surface area contributed by atoms with Gasteiger partial charge in [0.05, 0.1) is 51.8 Å². The number of rotatable bonds is 12. The van der Waals surface area contributed by atoms with Crippen LogP contribution in [0.5, 0.6) is 0 Å². The lowest BCUT2D eigenvalue weighted by atomic mass is 10.2. The Morgan fingerprint density at radius 3 is 2.11 bits per heavy atom. The normalized spacial score (nSPS) is 12.3. The molecule has 1 unspecified atom stereocenters. The zero-order valence-corrected chi connectivity index (χ0v) is 10.2. The highest BCUT2D eigenvalue weighted by atomic mass is 16.6. The van der Waals surface area contributed by atoms with Crippen molar-refractivity contribution in [3.63, 3.8) is 0 Å². The number of carbonyl (C=O) groups is 1. The molecule has 18 heavy (non-hydrogen) atoms. The van der Waals surface area contributed by atoms with Gasteiger partial charge in [0.15, 0.2) is 0 Å². The van der Waals surface area contributed by atoms with E-state index in [0.29, 0.717) is 13.2 Å². The molecule has 0 aliphatic carbocycles. The molecule has 0 fully saturated rings. The second kappa shape index (κ2) is 11.1. The number of ether oxygens (including phenoxy) is 3. The average Bonchev–Trinajstić information content (AvgIpc) is 2.36. The fraction of sp³-hybridized carbons (Fsp3) is 0.727. The summed E-state index contributed by atoms with van der Waals surface area (Å²) in [7, 11) is 0. The van der Waals surface area contributed by atoms with Gasteiger partial charge in [0.25, 0.3) is 0 Å². The highest BCUT2D eigenvalue weighted by molar-refractivity contribution is 5.86. The molecule has 0 aromatic carbocycles. The van der Waals surface area contributed by atoms with E-state index in [1.165, 1.54) is 0 Å².